The zero-order chi connectivity index (χ0) is 11.1. The summed E-state index contributed by atoms with van der Waals surface area (Å²) in [6.45, 7) is -1.30. The highest BCUT2D eigenvalue weighted by atomic mass is 16.5. The van der Waals surface area contributed by atoms with E-state index in [4.69, 9.17) is 16.7 Å². The molecular formula is C7H16O6. The van der Waals surface area contributed by atoms with Gasteiger partial charge in [0.1, 0.15) is 24.4 Å². The summed E-state index contributed by atoms with van der Waals surface area (Å²) >= 11 is 0. The molecule has 0 aliphatic heterocycles. The summed E-state index contributed by atoms with van der Waals surface area (Å²) in [6.07, 6.45) is -5.83. The van der Waals surface area contributed by atoms with E-state index in [9.17, 15) is 10.2 Å². The molecule has 0 fully saturated rings. The number of rotatable bonds is 6. The molecule has 0 aliphatic rings. The Morgan fingerprint density at radius 1 is 1.15 bits per heavy atom. The molecule has 13 heavy (non-hydrogen) atoms. The Morgan fingerprint density at radius 3 is 2.15 bits per heavy atom. The van der Waals surface area contributed by atoms with Crippen LogP contribution in [0.1, 0.15) is 1.37 Å². The summed E-state index contributed by atoms with van der Waals surface area (Å²) in [7, 11) is -0.482. The van der Waals surface area contributed by atoms with Crippen LogP contribution in [0.2, 0.25) is 0 Å². The molecule has 0 amide bonds. The number of hydrogen-bond donors (Lipinski definition) is 5. The van der Waals surface area contributed by atoms with Gasteiger partial charge in [0.15, 0.2) is 0 Å². The van der Waals surface area contributed by atoms with Crippen LogP contribution in [0.25, 0.3) is 0 Å². The summed E-state index contributed by atoms with van der Waals surface area (Å²) < 4.78 is 11.3. The molecule has 6 heteroatoms. The second-order valence-electron chi connectivity index (χ2n) is 2.62. The minimum Gasteiger partial charge on any atom is -0.394 e. The first-order valence-corrected chi connectivity index (χ1v) is 3.75. The van der Waals surface area contributed by atoms with Gasteiger partial charge in [0.05, 0.1) is 14.6 Å². The Bertz CT molecular complexity index is 144. The van der Waals surface area contributed by atoms with E-state index >= 15 is 0 Å². The summed E-state index contributed by atoms with van der Waals surface area (Å²) in [5.41, 5.74) is 0. The van der Waals surface area contributed by atoms with Crippen LogP contribution >= 0.6 is 0 Å². The normalized spacial score (nSPS) is 21.8. The fourth-order valence-corrected chi connectivity index (χ4v) is 0.815. The summed E-state index contributed by atoms with van der Waals surface area (Å²) in [5.74, 6) is 0. The number of hydrogen-bond acceptors (Lipinski definition) is 6. The van der Waals surface area contributed by atoms with Gasteiger partial charge in [-0.1, -0.05) is 0 Å². The highest BCUT2D eigenvalue weighted by Gasteiger charge is 2.30. The lowest BCUT2D eigenvalue weighted by Gasteiger charge is -2.26. The lowest BCUT2D eigenvalue weighted by molar-refractivity contribution is -0.132. The van der Waals surface area contributed by atoms with Gasteiger partial charge in [-0.2, -0.15) is 0 Å². The molecule has 6 nitrogen and oxygen atoms in total. The van der Waals surface area contributed by atoms with Crippen molar-refractivity contribution in [1.29, 1.82) is 0 Å². The second-order valence-corrected chi connectivity index (χ2v) is 2.62. The maximum atomic E-state index is 9.32. The Labute approximate surface area is 77.4 Å². The first-order valence-electron chi connectivity index (χ1n) is 4.46. The van der Waals surface area contributed by atoms with Gasteiger partial charge in [-0.05, 0) is 0 Å². The zero-order valence-corrected chi connectivity index (χ0v) is 7.08. The topological polar surface area (TPSA) is 110 Å². The third kappa shape index (κ3) is 3.55. The van der Waals surface area contributed by atoms with Crippen LogP contribution in [0.15, 0.2) is 0 Å². The molecule has 5 N–H and O–H groups in total. The van der Waals surface area contributed by atoms with Crippen LogP contribution in [0.5, 0.6) is 0 Å². The smallest absolute Gasteiger partial charge is 0.111 e. The van der Waals surface area contributed by atoms with Crippen molar-refractivity contribution in [1.82, 2.24) is 0 Å². The molecule has 0 unspecified atom stereocenters. The molecule has 4 atom stereocenters. The maximum Gasteiger partial charge on any atom is 0.111 e. The summed E-state index contributed by atoms with van der Waals surface area (Å²) in [5, 5.41) is 44.7. The average Bonchev–Trinajstić information content (AvgIpc) is 2.22. The van der Waals surface area contributed by atoms with E-state index in [1.165, 1.54) is 0 Å². The van der Waals surface area contributed by atoms with Crippen LogP contribution in [0.4, 0.5) is 0 Å². The lowest BCUT2D eigenvalue weighted by atomic mass is 10.0. The third-order valence-corrected chi connectivity index (χ3v) is 1.71. The largest absolute Gasteiger partial charge is 0.394 e. The van der Waals surface area contributed by atoms with E-state index in [0.29, 0.717) is 0 Å². The first-order chi connectivity index (χ1) is 6.58. The van der Waals surface area contributed by atoms with Crippen LogP contribution in [0, 0.1) is 0 Å². The van der Waals surface area contributed by atoms with E-state index in [-0.39, 0.29) is 0 Å². The predicted molar refractivity (Wildman–Crippen MR) is 43.0 cm³/mol. The molecule has 0 saturated heterocycles. The van der Waals surface area contributed by atoms with Crippen molar-refractivity contribution in [2.45, 2.75) is 24.4 Å². The van der Waals surface area contributed by atoms with E-state index in [1.54, 1.807) is 0 Å². The Balaban J connectivity index is 4.17. The molecule has 80 valence electrons. The third-order valence-electron chi connectivity index (χ3n) is 1.71. The molecule has 0 saturated carbocycles. The number of aliphatic hydroxyl groups excluding tert-OH is 5. The molecule has 0 aliphatic carbocycles. The average molecular weight is 197 g/mol. The SMILES string of the molecule is [2H]CO[C@@H](CO)[C@@H](O)[C@H](O)[C@H](O)CO. The minimum atomic E-state index is -1.62. The standard InChI is InChI=1S/C7H16O6/c1-13-5(3-9)7(12)6(11)4(10)2-8/h4-12H,2-3H2,1H3/t4-,5+,6-,7-/m1/s1/i1D. The van der Waals surface area contributed by atoms with E-state index in [1.807, 2.05) is 0 Å². The predicted octanol–water partition coefficient (Wildman–Crippen LogP) is -2.93. The molecule has 0 heterocycles. The van der Waals surface area contributed by atoms with Crippen molar-refractivity contribution in [3.63, 3.8) is 0 Å². The van der Waals surface area contributed by atoms with Crippen molar-refractivity contribution >= 4 is 0 Å². The van der Waals surface area contributed by atoms with Crippen molar-refractivity contribution < 1.29 is 31.6 Å². The lowest BCUT2D eigenvalue weighted by Crippen LogP contribution is -2.47. The van der Waals surface area contributed by atoms with Crippen molar-refractivity contribution in [3.8, 4) is 0 Å². The second kappa shape index (κ2) is 6.25. The Morgan fingerprint density at radius 2 is 1.77 bits per heavy atom. The van der Waals surface area contributed by atoms with Gasteiger partial charge in [-0.15, -0.1) is 0 Å². The monoisotopic (exact) mass is 197 g/mol. The minimum absolute atomic E-state index is 0.482. The van der Waals surface area contributed by atoms with Crippen LogP contribution < -0.4 is 0 Å². The number of ether oxygens (including phenoxy) is 1. The van der Waals surface area contributed by atoms with Gasteiger partial charge in [0.2, 0.25) is 0 Å². The van der Waals surface area contributed by atoms with Crippen LogP contribution in [0.3, 0.4) is 0 Å². The van der Waals surface area contributed by atoms with Crippen molar-refractivity contribution in [3.05, 3.63) is 0 Å². The van der Waals surface area contributed by atoms with Gasteiger partial charge >= 0.3 is 0 Å². The van der Waals surface area contributed by atoms with E-state index < -0.39 is 44.7 Å². The van der Waals surface area contributed by atoms with Gasteiger partial charge in [-0.3, -0.25) is 0 Å². The molecule has 0 aromatic rings. The first kappa shape index (κ1) is 10.8. The molecule has 0 spiro atoms. The van der Waals surface area contributed by atoms with E-state index in [0.717, 1.165) is 0 Å². The van der Waals surface area contributed by atoms with Gasteiger partial charge in [0, 0.05) is 7.09 Å². The van der Waals surface area contributed by atoms with Crippen molar-refractivity contribution in [2.75, 3.05) is 20.3 Å². The highest BCUT2D eigenvalue weighted by Crippen LogP contribution is 2.06. The molecular weight excluding hydrogens is 180 g/mol. The number of aliphatic hydroxyl groups is 5. The van der Waals surface area contributed by atoms with Crippen LogP contribution in [-0.2, 0) is 4.74 Å². The highest BCUT2D eigenvalue weighted by molar-refractivity contribution is 4.80. The quantitative estimate of drug-likeness (QED) is 0.312. The fraction of sp³-hybridized carbons (Fsp3) is 1.00. The molecule has 0 rings (SSSR count). The fourth-order valence-electron chi connectivity index (χ4n) is 0.815. The molecule has 0 aromatic carbocycles. The van der Waals surface area contributed by atoms with Crippen molar-refractivity contribution in [2.24, 2.45) is 0 Å². The molecule has 0 radical (unpaired) electrons. The maximum absolute atomic E-state index is 9.32. The van der Waals surface area contributed by atoms with E-state index in [2.05, 4.69) is 4.74 Å². The molecule has 0 bridgehead atoms. The van der Waals surface area contributed by atoms with Gasteiger partial charge in [0.25, 0.3) is 0 Å². The Hall–Kier alpha value is -0.240. The number of methoxy groups -OCH3 is 1. The van der Waals surface area contributed by atoms with Crippen LogP contribution in [-0.4, -0.2) is 70.2 Å². The summed E-state index contributed by atoms with van der Waals surface area (Å²) in [6, 6.07) is 0. The Kier molecular flexibility index (Phi) is 5.21. The van der Waals surface area contributed by atoms with Gasteiger partial charge < -0.3 is 30.3 Å². The zero-order valence-electron chi connectivity index (χ0n) is 8.08. The molecule has 0 aromatic heterocycles. The summed E-state index contributed by atoms with van der Waals surface area (Å²) in [4.78, 5) is 0. The van der Waals surface area contributed by atoms with Gasteiger partial charge in [-0.25, -0.2) is 0 Å².